The number of hydrogen-bond acceptors (Lipinski definition) is 3. The highest BCUT2D eigenvalue weighted by atomic mass is 16.5. The van der Waals surface area contributed by atoms with E-state index < -0.39 is 0 Å². The lowest BCUT2D eigenvalue weighted by atomic mass is 10.1. The van der Waals surface area contributed by atoms with Gasteiger partial charge < -0.3 is 14.4 Å². The van der Waals surface area contributed by atoms with Gasteiger partial charge in [-0.3, -0.25) is 4.79 Å². The first-order valence-electron chi connectivity index (χ1n) is 8.14. The summed E-state index contributed by atoms with van der Waals surface area (Å²) in [5.74, 6) is 2.94. The van der Waals surface area contributed by atoms with Crippen molar-refractivity contribution >= 4 is 5.91 Å². The molecule has 1 aromatic carbocycles. The number of methoxy groups -OCH3 is 2. The lowest BCUT2D eigenvalue weighted by Crippen LogP contribution is -2.34. The zero-order valence-corrected chi connectivity index (χ0v) is 13.7. The quantitative estimate of drug-likeness (QED) is 0.776. The molecule has 0 aromatic heterocycles. The molecule has 2 saturated carbocycles. The highest BCUT2D eigenvalue weighted by molar-refractivity contribution is 5.95. The zero-order valence-electron chi connectivity index (χ0n) is 13.7. The van der Waals surface area contributed by atoms with Gasteiger partial charge in [0.15, 0.2) is 0 Å². The molecule has 2 aliphatic rings. The van der Waals surface area contributed by atoms with Crippen LogP contribution in [0.25, 0.3) is 0 Å². The van der Waals surface area contributed by atoms with Crippen molar-refractivity contribution in [1.82, 2.24) is 4.90 Å². The van der Waals surface area contributed by atoms with Crippen LogP contribution in [0.1, 0.15) is 41.6 Å². The van der Waals surface area contributed by atoms with Crippen LogP contribution >= 0.6 is 0 Å². The van der Waals surface area contributed by atoms with E-state index in [0.717, 1.165) is 18.7 Å². The first-order chi connectivity index (χ1) is 10.6. The summed E-state index contributed by atoms with van der Waals surface area (Å²) in [6.07, 6.45) is 5.04. The molecule has 0 N–H and O–H groups in total. The highest BCUT2D eigenvalue weighted by Crippen LogP contribution is 2.35. The van der Waals surface area contributed by atoms with E-state index >= 15 is 0 Å². The maximum absolute atomic E-state index is 12.9. The maximum atomic E-state index is 12.9. The first kappa shape index (κ1) is 15.2. The fourth-order valence-electron chi connectivity index (χ4n) is 2.86. The van der Waals surface area contributed by atoms with Crippen molar-refractivity contribution in [3.8, 4) is 11.5 Å². The Bertz CT molecular complexity index is 522. The summed E-state index contributed by atoms with van der Waals surface area (Å²) in [7, 11) is 3.25. The van der Waals surface area contributed by atoms with E-state index in [9.17, 15) is 4.79 Å². The van der Waals surface area contributed by atoms with Gasteiger partial charge in [-0.1, -0.05) is 0 Å². The summed E-state index contributed by atoms with van der Waals surface area (Å²) in [6.45, 7) is 3.74. The summed E-state index contributed by atoms with van der Waals surface area (Å²) < 4.78 is 10.8. The number of carbonyl (C=O) groups is 1. The Morgan fingerprint density at radius 3 is 1.86 bits per heavy atom. The van der Waals surface area contributed by atoms with Crippen LogP contribution in [0.15, 0.2) is 12.1 Å². The Balaban J connectivity index is 1.84. The molecular formula is C18H25NO3. The molecule has 0 spiro atoms. The topological polar surface area (TPSA) is 38.8 Å². The van der Waals surface area contributed by atoms with Gasteiger partial charge in [-0.05, 0) is 56.6 Å². The molecule has 1 aromatic rings. The minimum atomic E-state index is 0.107. The molecule has 0 saturated heterocycles. The van der Waals surface area contributed by atoms with Gasteiger partial charge in [0.25, 0.3) is 5.91 Å². The predicted octanol–water partition coefficient (Wildman–Crippen LogP) is 3.27. The summed E-state index contributed by atoms with van der Waals surface area (Å²) in [5.41, 5.74) is 1.60. The first-order valence-corrected chi connectivity index (χ1v) is 8.14. The van der Waals surface area contributed by atoms with E-state index in [1.165, 1.54) is 25.7 Å². The average molecular weight is 303 g/mol. The van der Waals surface area contributed by atoms with Crippen LogP contribution in [0.3, 0.4) is 0 Å². The van der Waals surface area contributed by atoms with Crippen LogP contribution in [-0.4, -0.2) is 38.1 Å². The molecule has 2 aliphatic carbocycles. The third-order valence-corrected chi connectivity index (χ3v) is 4.64. The standard InChI is InChI=1S/C18H25NO3/c1-12-16(21-2)8-15(9-17(12)22-3)18(20)19(10-13-4-5-13)11-14-6-7-14/h8-9,13-14H,4-7,10-11H2,1-3H3. The number of amides is 1. The molecule has 0 aliphatic heterocycles. The molecule has 1 amide bonds. The molecule has 2 fully saturated rings. The molecular weight excluding hydrogens is 278 g/mol. The molecule has 0 radical (unpaired) electrons. The van der Waals surface area contributed by atoms with Crippen LogP contribution in [-0.2, 0) is 0 Å². The van der Waals surface area contributed by atoms with E-state index in [1.807, 2.05) is 24.0 Å². The zero-order chi connectivity index (χ0) is 15.7. The van der Waals surface area contributed by atoms with Gasteiger partial charge in [0.1, 0.15) is 11.5 Å². The molecule has 120 valence electrons. The number of benzene rings is 1. The van der Waals surface area contributed by atoms with Crippen LogP contribution < -0.4 is 9.47 Å². The van der Waals surface area contributed by atoms with Crippen LogP contribution in [0, 0.1) is 18.8 Å². The lowest BCUT2D eigenvalue weighted by molar-refractivity contribution is 0.0739. The number of nitrogens with zero attached hydrogens (tertiary/aromatic N) is 1. The minimum absolute atomic E-state index is 0.107. The van der Waals surface area contributed by atoms with E-state index in [1.54, 1.807) is 14.2 Å². The normalized spacial score (nSPS) is 17.2. The van der Waals surface area contributed by atoms with Crippen molar-refractivity contribution in [1.29, 1.82) is 0 Å². The number of hydrogen-bond donors (Lipinski definition) is 0. The molecule has 0 unspecified atom stereocenters. The number of ether oxygens (including phenoxy) is 2. The van der Waals surface area contributed by atoms with Crippen molar-refractivity contribution in [2.24, 2.45) is 11.8 Å². The number of carbonyl (C=O) groups excluding carboxylic acids is 1. The second-order valence-corrected chi connectivity index (χ2v) is 6.60. The van der Waals surface area contributed by atoms with Crippen molar-refractivity contribution in [3.63, 3.8) is 0 Å². The fourth-order valence-corrected chi connectivity index (χ4v) is 2.86. The van der Waals surface area contributed by atoms with Crippen molar-refractivity contribution in [3.05, 3.63) is 23.3 Å². The second-order valence-electron chi connectivity index (χ2n) is 6.60. The molecule has 4 heteroatoms. The van der Waals surface area contributed by atoms with Crippen LogP contribution in [0.2, 0.25) is 0 Å². The Morgan fingerprint density at radius 2 is 1.50 bits per heavy atom. The lowest BCUT2D eigenvalue weighted by Gasteiger charge is -2.23. The molecule has 22 heavy (non-hydrogen) atoms. The molecule has 3 rings (SSSR count). The molecule has 0 bridgehead atoms. The monoisotopic (exact) mass is 303 g/mol. The molecule has 0 heterocycles. The van der Waals surface area contributed by atoms with Gasteiger partial charge in [0, 0.05) is 24.2 Å². The van der Waals surface area contributed by atoms with Crippen molar-refractivity contribution < 1.29 is 14.3 Å². The Labute approximate surface area is 132 Å². The minimum Gasteiger partial charge on any atom is -0.496 e. The highest BCUT2D eigenvalue weighted by Gasteiger charge is 2.32. The van der Waals surface area contributed by atoms with Gasteiger partial charge in [-0.2, -0.15) is 0 Å². The van der Waals surface area contributed by atoms with Gasteiger partial charge in [0.05, 0.1) is 14.2 Å². The summed E-state index contributed by atoms with van der Waals surface area (Å²) >= 11 is 0. The van der Waals surface area contributed by atoms with Crippen molar-refractivity contribution in [2.75, 3.05) is 27.3 Å². The third-order valence-electron chi connectivity index (χ3n) is 4.64. The summed E-state index contributed by atoms with van der Waals surface area (Å²) in [4.78, 5) is 15.0. The Hall–Kier alpha value is -1.71. The fraction of sp³-hybridized carbons (Fsp3) is 0.611. The third kappa shape index (κ3) is 3.37. The van der Waals surface area contributed by atoms with E-state index in [0.29, 0.717) is 28.9 Å². The average Bonchev–Trinajstić information content (AvgIpc) is 3.42. The largest absolute Gasteiger partial charge is 0.496 e. The van der Waals surface area contributed by atoms with Gasteiger partial charge in [-0.15, -0.1) is 0 Å². The summed E-state index contributed by atoms with van der Waals surface area (Å²) in [6, 6.07) is 3.68. The Morgan fingerprint density at radius 1 is 1.05 bits per heavy atom. The van der Waals surface area contributed by atoms with E-state index in [2.05, 4.69) is 0 Å². The predicted molar refractivity (Wildman–Crippen MR) is 85.6 cm³/mol. The van der Waals surface area contributed by atoms with Crippen molar-refractivity contribution in [2.45, 2.75) is 32.6 Å². The van der Waals surface area contributed by atoms with Crippen LogP contribution in [0.4, 0.5) is 0 Å². The second kappa shape index (κ2) is 6.19. The summed E-state index contributed by atoms with van der Waals surface area (Å²) in [5, 5.41) is 0. The van der Waals surface area contributed by atoms with Gasteiger partial charge in [-0.25, -0.2) is 0 Å². The van der Waals surface area contributed by atoms with Gasteiger partial charge in [0.2, 0.25) is 0 Å². The van der Waals surface area contributed by atoms with Gasteiger partial charge >= 0.3 is 0 Å². The smallest absolute Gasteiger partial charge is 0.254 e. The maximum Gasteiger partial charge on any atom is 0.254 e. The SMILES string of the molecule is COc1cc(C(=O)N(CC2CC2)CC2CC2)cc(OC)c1C. The number of rotatable bonds is 7. The Kier molecular flexibility index (Phi) is 4.27. The van der Waals surface area contributed by atoms with E-state index in [-0.39, 0.29) is 5.91 Å². The van der Waals surface area contributed by atoms with E-state index in [4.69, 9.17) is 9.47 Å². The molecule has 4 nitrogen and oxygen atoms in total. The molecule has 0 atom stereocenters. The van der Waals surface area contributed by atoms with Crippen LogP contribution in [0.5, 0.6) is 11.5 Å².